The molecule has 0 spiro atoms. The van der Waals surface area contributed by atoms with E-state index in [9.17, 15) is 4.79 Å². The van der Waals surface area contributed by atoms with Crippen LogP contribution >= 0.6 is 0 Å². The van der Waals surface area contributed by atoms with Crippen molar-refractivity contribution in [2.24, 2.45) is 16.0 Å². The minimum absolute atomic E-state index is 0.321. The molecular weight excluding hydrogens is 218 g/mol. The summed E-state index contributed by atoms with van der Waals surface area (Å²) in [5, 5.41) is 16.7. The number of rotatable bonds is 6. The highest BCUT2D eigenvalue weighted by Gasteiger charge is 2.11. The van der Waals surface area contributed by atoms with Gasteiger partial charge in [-0.25, -0.2) is 0 Å². The van der Waals surface area contributed by atoms with Gasteiger partial charge in [-0.1, -0.05) is 19.1 Å². The molecule has 0 saturated carbocycles. The Morgan fingerprint density at radius 3 is 2.59 bits per heavy atom. The lowest BCUT2D eigenvalue weighted by Crippen LogP contribution is -2.32. The summed E-state index contributed by atoms with van der Waals surface area (Å²) in [6.45, 7) is 2.75. The van der Waals surface area contributed by atoms with Crippen LogP contribution in [0.3, 0.4) is 0 Å². The van der Waals surface area contributed by atoms with Gasteiger partial charge in [0.2, 0.25) is 0 Å². The van der Waals surface area contributed by atoms with Gasteiger partial charge in [-0.15, -0.1) is 0 Å². The average Bonchev–Trinajstić information content (AvgIpc) is 2.31. The Bertz CT molecular complexity index is 387. The summed E-state index contributed by atoms with van der Waals surface area (Å²) in [4.78, 5) is 10.6. The van der Waals surface area contributed by atoms with E-state index in [1.165, 1.54) is 0 Å². The molecule has 3 N–H and O–H groups in total. The molecule has 0 bridgehead atoms. The highest BCUT2D eigenvalue weighted by molar-refractivity contribution is 5.73. The number of nitrogens with zero attached hydrogens (tertiary/aromatic N) is 2. The highest BCUT2D eigenvalue weighted by atomic mass is 16.4. The predicted octanol–water partition coefficient (Wildman–Crippen LogP) is 2.13. The zero-order valence-electron chi connectivity index (χ0n) is 9.84. The zero-order chi connectivity index (χ0) is 12.7. The number of azo groups is 1. The van der Waals surface area contributed by atoms with Gasteiger partial charge in [0.25, 0.3) is 0 Å². The van der Waals surface area contributed by atoms with E-state index in [2.05, 4.69) is 10.2 Å². The molecule has 1 unspecified atom stereocenters. The molecule has 17 heavy (non-hydrogen) atoms. The number of hydrogen-bond donors (Lipinski definition) is 2. The van der Waals surface area contributed by atoms with E-state index in [1.54, 1.807) is 0 Å². The molecule has 1 aromatic carbocycles. The van der Waals surface area contributed by atoms with Crippen molar-refractivity contribution in [3.05, 3.63) is 29.8 Å². The van der Waals surface area contributed by atoms with E-state index in [0.717, 1.165) is 17.7 Å². The van der Waals surface area contributed by atoms with E-state index in [1.807, 2.05) is 31.2 Å². The van der Waals surface area contributed by atoms with Crippen LogP contribution in [0.5, 0.6) is 0 Å². The minimum Gasteiger partial charge on any atom is -0.480 e. The lowest BCUT2D eigenvalue weighted by Gasteiger charge is -2.05. The lowest BCUT2D eigenvalue weighted by molar-refractivity contribution is -0.138. The van der Waals surface area contributed by atoms with Gasteiger partial charge in [-0.3, -0.25) is 4.79 Å². The standard InChI is InChI=1S/C12H17N3O2/c1-2-7-14-15-10-5-3-9(4-6-10)8-11(13)12(16)17/h3-6,11H,2,7-8,13H2,1H3,(H,16,17). The van der Waals surface area contributed by atoms with Crippen LogP contribution in [0.2, 0.25) is 0 Å². The Balaban J connectivity index is 2.58. The molecule has 92 valence electrons. The average molecular weight is 235 g/mol. The normalized spacial score (nSPS) is 12.8. The summed E-state index contributed by atoms with van der Waals surface area (Å²) in [5.74, 6) is -0.989. The SMILES string of the molecule is CCCN=Nc1ccc(CC(N)C(=O)O)cc1. The van der Waals surface area contributed by atoms with Crippen LogP contribution in [0, 0.1) is 0 Å². The number of carbonyl (C=O) groups is 1. The highest BCUT2D eigenvalue weighted by Crippen LogP contribution is 2.14. The number of aliphatic carboxylic acids is 1. The van der Waals surface area contributed by atoms with Crippen molar-refractivity contribution in [1.29, 1.82) is 0 Å². The lowest BCUT2D eigenvalue weighted by atomic mass is 10.1. The topological polar surface area (TPSA) is 88.0 Å². The first-order valence-corrected chi connectivity index (χ1v) is 5.58. The molecule has 0 amide bonds. The fourth-order valence-corrected chi connectivity index (χ4v) is 1.27. The van der Waals surface area contributed by atoms with Crippen molar-refractivity contribution < 1.29 is 9.90 Å². The van der Waals surface area contributed by atoms with Crippen molar-refractivity contribution in [3.8, 4) is 0 Å². The van der Waals surface area contributed by atoms with Crippen LogP contribution in [-0.2, 0) is 11.2 Å². The number of nitrogens with two attached hydrogens (primary N) is 1. The quantitative estimate of drug-likeness (QED) is 0.740. The molecule has 5 nitrogen and oxygen atoms in total. The Morgan fingerprint density at radius 1 is 1.41 bits per heavy atom. The molecule has 1 aromatic rings. The molecule has 0 radical (unpaired) electrons. The van der Waals surface area contributed by atoms with Crippen LogP contribution in [0.4, 0.5) is 5.69 Å². The van der Waals surface area contributed by atoms with Crippen molar-refractivity contribution >= 4 is 11.7 Å². The second-order valence-corrected chi connectivity index (χ2v) is 3.78. The second kappa shape index (κ2) is 6.75. The van der Waals surface area contributed by atoms with Gasteiger partial charge in [0.1, 0.15) is 6.04 Å². The smallest absolute Gasteiger partial charge is 0.320 e. The van der Waals surface area contributed by atoms with Gasteiger partial charge in [0.05, 0.1) is 12.2 Å². The maximum absolute atomic E-state index is 10.6. The molecule has 0 aliphatic rings. The maximum atomic E-state index is 10.6. The van der Waals surface area contributed by atoms with Gasteiger partial charge < -0.3 is 10.8 Å². The fourth-order valence-electron chi connectivity index (χ4n) is 1.27. The Labute approximate surface area is 100 Å². The predicted molar refractivity (Wildman–Crippen MR) is 65.4 cm³/mol. The van der Waals surface area contributed by atoms with Gasteiger partial charge >= 0.3 is 5.97 Å². The summed E-state index contributed by atoms with van der Waals surface area (Å²) in [5.41, 5.74) is 7.10. The molecular formula is C12H17N3O2. The zero-order valence-corrected chi connectivity index (χ0v) is 9.84. The van der Waals surface area contributed by atoms with Crippen LogP contribution in [-0.4, -0.2) is 23.7 Å². The van der Waals surface area contributed by atoms with E-state index in [-0.39, 0.29) is 0 Å². The van der Waals surface area contributed by atoms with Crippen molar-refractivity contribution in [3.63, 3.8) is 0 Å². The van der Waals surface area contributed by atoms with Gasteiger partial charge in [-0.2, -0.15) is 10.2 Å². The van der Waals surface area contributed by atoms with Crippen molar-refractivity contribution in [1.82, 2.24) is 0 Å². The first-order chi connectivity index (χ1) is 8.13. The molecule has 0 aliphatic heterocycles. The second-order valence-electron chi connectivity index (χ2n) is 3.78. The van der Waals surface area contributed by atoms with Crippen LogP contribution in [0.25, 0.3) is 0 Å². The van der Waals surface area contributed by atoms with Gasteiger partial charge in [0.15, 0.2) is 0 Å². The first kappa shape index (κ1) is 13.3. The summed E-state index contributed by atoms with van der Waals surface area (Å²) in [6, 6.07) is 6.40. The van der Waals surface area contributed by atoms with Gasteiger partial charge in [0, 0.05) is 0 Å². The van der Waals surface area contributed by atoms with E-state index < -0.39 is 12.0 Å². The van der Waals surface area contributed by atoms with E-state index in [0.29, 0.717) is 13.0 Å². The molecule has 0 fully saturated rings. The monoisotopic (exact) mass is 235 g/mol. The fraction of sp³-hybridized carbons (Fsp3) is 0.417. The third-order valence-electron chi connectivity index (χ3n) is 2.22. The van der Waals surface area contributed by atoms with Gasteiger partial charge in [-0.05, 0) is 30.5 Å². The largest absolute Gasteiger partial charge is 0.480 e. The number of carboxylic acid groups (broad SMARTS) is 1. The Hall–Kier alpha value is -1.75. The Kier molecular flexibility index (Phi) is 5.29. The molecule has 0 aromatic heterocycles. The molecule has 5 heteroatoms. The van der Waals surface area contributed by atoms with Crippen LogP contribution in [0.1, 0.15) is 18.9 Å². The summed E-state index contributed by atoms with van der Waals surface area (Å²) < 4.78 is 0. The third-order valence-corrected chi connectivity index (χ3v) is 2.22. The molecule has 0 aliphatic carbocycles. The van der Waals surface area contributed by atoms with E-state index in [4.69, 9.17) is 10.8 Å². The maximum Gasteiger partial charge on any atom is 0.320 e. The summed E-state index contributed by atoms with van der Waals surface area (Å²) >= 11 is 0. The third kappa shape index (κ3) is 4.74. The first-order valence-electron chi connectivity index (χ1n) is 5.58. The van der Waals surface area contributed by atoms with Crippen molar-refractivity contribution in [2.75, 3.05) is 6.54 Å². The van der Waals surface area contributed by atoms with Crippen LogP contribution in [0.15, 0.2) is 34.5 Å². The minimum atomic E-state index is -0.989. The molecule has 1 atom stereocenters. The van der Waals surface area contributed by atoms with E-state index >= 15 is 0 Å². The molecule has 0 heterocycles. The van der Waals surface area contributed by atoms with Crippen LogP contribution < -0.4 is 5.73 Å². The number of hydrogen-bond acceptors (Lipinski definition) is 4. The summed E-state index contributed by atoms with van der Waals surface area (Å²) in [7, 11) is 0. The Morgan fingerprint density at radius 2 is 2.06 bits per heavy atom. The van der Waals surface area contributed by atoms with Crippen molar-refractivity contribution in [2.45, 2.75) is 25.8 Å². The summed E-state index contributed by atoms with van der Waals surface area (Å²) in [6.07, 6.45) is 1.29. The molecule has 0 saturated heterocycles. The number of carboxylic acids is 1. The number of benzene rings is 1. The molecule has 1 rings (SSSR count).